The van der Waals surface area contributed by atoms with Crippen LogP contribution in [0.4, 0.5) is 0 Å². The number of hydrogen-bond acceptors (Lipinski definition) is 8. The molecule has 4 aromatic rings. The Morgan fingerprint density at radius 2 is 1.13 bits per heavy atom. The van der Waals surface area contributed by atoms with E-state index in [-0.39, 0.29) is 25.7 Å². The molecule has 318 valence electrons. The molecule has 6 rings (SSSR count). The van der Waals surface area contributed by atoms with Crippen LogP contribution in [-0.4, -0.2) is 94.4 Å². The second-order valence-electron chi connectivity index (χ2n) is 15.9. The highest BCUT2D eigenvalue weighted by atomic mass is 16.3. The fraction of sp³-hybridized carbons (Fsp3) is 0.422. The van der Waals surface area contributed by atoms with Gasteiger partial charge in [0.05, 0.1) is 12.0 Å². The van der Waals surface area contributed by atoms with E-state index in [0.717, 1.165) is 27.6 Å². The Labute approximate surface area is 349 Å². The average Bonchev–Trinajstić information content (AvgIpc) is 3.88. The zero-order chi connectivity index (χ0) is 42.6. The molecule has 0 radical (unpaired) electrons. The second-order valence-corrected chi connectivity index (χ2v) is 15.9. The highest BCUT2D eigenvalue weighted by Gasteiger charge is 2.39. The summed E-state index contributed by atoms with van der Waals surface area (Å²) in [7, 11) is 0. The van der Waals surface area contributed by atoms with Crippen molar-refractivity contribution in [2.24, 2.45) is 11.7 Å². The maximum Gasteiger partial charge on any atom is 0.245 e. The predicted octanol–water partition coefficient (Wildman–Crippen LogP) is 1.43. The van der Waals surface area contributed by atoms with Crippen LogP contribution < -0.4 is 37.6 Å². The van der Waals surface area contributed by atoms with Gasteiger partial charge in [-0.2, -0.15) is 0 Å². The Morgan fingerprint density at radius 3 is 1.77 bits per heavy atom. The van der Waals surface area contributed by atoms with Crippen LogP contribution >= 0.6 is 0 Å². The number of para-hydroxylation sites is 1. The third kappa shape index (κ3) is 11.4. The minimum absolute atomic E-state index is 0.0307. The number of amides is 6. The zero-order valence-electron chi connectivity index (χ0n) is 33.8. The molecule has 15 nitrogen and oxygen atoms in total. The monoisotopic (exact) mass is 820 g/mol. The van der Waals surface area contributed by atoms with E-state index < -0.39 is 83.7 Å². The number of carbonyl (C=O) groups is 6. The van der Waals surface area contributed by atoms with Crippen LogP contribution in [0.1, 0.15) is 62.1 Å². The van der Waals surface area contributed by atoms with Gasteiger partial charge >= 0.3 is 0 Å². The van der Waals surface area contributed by atoms with Gasteiger partial charge in [-0.1, -0.05) is 85.3 Å². The minimum atomic E-state index is -1.51. The molecule has 1 aliphatic carbocycles. The first-order valence-corrected chi connectivity index (χ1v) is 20.8. The number of benzene rings is 3. The Balaban J connectivity index is 1.38. The first-order valence-electron chi connectivity index (χ1n) is 20.8. The molecule has 1 saturated carbocycles. The number of hydrogen-bond donors (Lipinski definition) is 9. The van der Waals surface area contributed by atoms with Crippen molar-refractivity contribution >= 4 is 46.3 Å². The van der Waals surface area contributed by atoms with Gasteiger partial charge in [-0.25, -0.2) is 0 Å². The van der Waals surface area contributed by atoms with Gasteiger partial charge in [0.2, 0.25) is 35.4 Å². The second kappa shape index (κ2) is 20.8. The number of fused-ring (bicyclic) bond motifs is 2. The smallest absolute Gasteiger partial charge is 0.245 e. The van der Waals surface area contributed by atoms with Gasteiger partial charge in [-0.3, -0.25) is 28.8 Å². The molecule has 10 N–H and O–H groups in total. The summed E-state index contributed by atoms with van der Waals surface area (Å²) >= 11 is 0. The third-order valence-corrected chi connectivity index (χ3v) is 11.4. The first-order chi connectivity index (χ1) is 29.0. The van der Waals surface area contributed by atoms with E-state index in [2.05, 4.69) is 36.9 Å². The van der Waals surface area contributed by atoms with E-state index in [0.29, 0.717) is 38.6 Å². The highest BCUT2D eigenvalue weighted by Crippen LogP contribution is 2.27. The molecule has 1 aromatic heterocycles. The summed E-state index contributed by atoms with van der Waals surface area (Å²) in [6.45, 7) is 1.68. The van der Waals surface area contributed by atoms with Crippen molar-refractivity contribution in [2.75, 3.05) is 6.54 Å². The summed E-state index contributed by atoms with van der Waals surface area (Å²) in [6, 6.07) is 19.0. The number of nitrogens with one attached hydrogen (secondary N) is 7. The molecule has 60 heavy (non-hydrogen) atoms. The highest BCUT2D eigenvalue weighted by molar-refractivity contribution is 5.97. The number of carbonyl (C=O) groups excluding carboxylic acids is 6. The van der Waals surface area contributed by atoms with Crippen LogP contribution in [0.5, 0.6) is 0 Å². The van der Waals surface area contributed by atoms with Crippen LogP contribution in [0.3, 0.4) is 0 Å². The molecule has 3 aromatic carbocycles. The van der Waals surface area contributed by atoms with Crippen LogP contribution in [0.25, 0.3) is 10.9 Å². The van der Waals surface area contributed by atoms with Crippen molar-refractivity contribution in [3.8, 4) is 0 Å². The zero-order valence-corrected chi connectivity index (χ0v) is 33.8. The van der Waals surface area contributed by atoms with E-state index in [1.54, 1.807) is 18.3 Å². The van der Waals surface area contributed by atoms with Gasteiger partial charge in [0.25, 0.3) is 0 Å². The molecule has 2 aliphatic rings. The van der Waals surface area contributed by atoms with E-state index in [4.69, 9.17) is 5.73 Å². The maximum atomic E-state index is 14.5. The normalized spacial score (nSPS) is 25.3. The minimum Gasteiger partial charge on any atom is -0.391 e. The summed E-state index contributed by atoms with van der Waals surface area (Å²) in [5, 5.41) is 28.7. The standard InChI is InChI=1S/C45H56N8O7/c1-27(54)39-45(60)52-37(24-29-15-6-3-7-16-29)42(57)48-34-21-12-18-32(34)40(55)50-36(23-28-13-4-2-5-14-28)43(58)51-38(25-30-26-47-33-19-9-8-17-31(30)33)44(59)49-35(41(56)53-39)20-10-11-22-46/h2-9,13-17,19,26-27,32,34-39,47,54H,10-12,18,20-25,46H2,1H3,(H,48,57)(H,49,59)(H,50,55)(H,51,58)(H,52,60)(H,53,56). The number of rotatable bonds is 11. The molecule has 2 heterocycles. The Kier molecular flexibility index (Phi) is 15.1. The molecule has 1 aliphatic heterocycles. The van der Waals surface area contributed by atoms with Crippen molar-refractivity contribution in [1.29, 1.82) is 0 Å². The number of unbranched alkanes of at least 4 members (excludes halogenated alkanes) is 1. The Morgan fingerprint density at radius 1 is 0.600 bits per heavy atom. The summed E-state index contributed by atoms with van der Waals surface area (Å²) in [5.74, 6) is -4.51. The van der Waals surface area contributed by atoms with Crippen molar-refractivity contribution in [3.63, 3.8) is 0 Å². The largest absolute Gasteiger partial charge is 0.391 e. The van der Waals surface area contributed by atoms with Crippen LogP contribution in [0.2, 0.25) is 0 Å². The summed E-state index contributed by atoms with van der Waals surface area (Å²) in [4.78, 5) is 88.5. The predicted molar refractivity (Wildman–Crippen MR) is 226 cm³/mol. The summed E-state index contributed by atoms with van der Waals surface area (Å²) < 4.78 is 0. The molecule has 0 bridgehead atoms. The number of nitrogens with two attached hydrogens (primary N) is 1. The Hall–Kier alpha value is -6.06. The van der Waals surface area contributed by atoms with E-state index in [9.17, 15) is 33.9 Å². The van der Waals surface area contributed by atoms with Crippen molar-refractivity contribution < 1.29 is 33.9 Å². The van der Waals surface area contributed by atoms with Gasteiger partial charge in [-0.05, 0) is 68.3 Å². The molecule has 8 unspecified atom stereocenters. The number of aromatic amines is 1. The lowest BCUT2D eigenvalue weighted by Gasteiger charge is -2.28. The van der Waals surface area contributed by atoms with Gasteiger partial charge in [-0.15, -0.1) is 0 Å². The lowest BCUT2D eigenvalue weighted by Crippen LogP contribution is -2.61. The van der Waals surface area contributed by atoms with Crippen molar-refractivity contribution in [2.45, 2.75) is 107 Å². The number of aliphatic hydroxyl groups is 1. The van der Waals surface area contributed by atoms with Gasteiger partial charge < -0.3 is 47.7 Å². The molecular formula is C45H56N8O7. The van der Waals surface area contributed by atoms with Crippen LogP contribution in [-0.2, 0) is 48.0 Å². The van der Waals surface area contributed by atoms with Crippen LogP contribution in [0.15, 0.2) is 91.1 Å². The molecule has 8 atom stereocenters. The Bertz CT molecular complexity index is 2110. The van der Waals surface area contributed by atoms with Gasteiger partial charge in [0.15, 0.2) is 0 Å². The van der Waals surface area contributed by atoms with E-state index >= 15 is 0 Å². The summed E-state index contributed by atoms with van der Waals surface area (Å²) in [5.41, 5.74) is 8.86. The molecule has 1 saturated heterocycles. The van der Waals surface area contributed by atoms with Crippen molar-refractivity contribution in [3.05, 3.63) is 108 Å². The average molecular weight is 821 g/mol. The fourth-order valence-electron chi connectivity index (χ4n) is 8.08. The molecular weight excluding hydrogens is 765 g/mol. The van der Waals surface area contributed by atoms with E-state index in [1.165, 1.54) is 6.92 Å². The molecule has 15 heteroatoms. The topological polar surface area (TPSA) is 237 Å². The fourth-order valence-corrected chi connectivity index (χ4v) is 8.08. The SMILES string of the molecule is CC(O)C1NC(=O)C(CCCCN)NC(=O)C(Cc2c[nH]c3ccccc23)NC(=O)C(Cc2ccccc2)NC(=O)C2CCCC2NC(=O)C(Cc2ccccc2)NC1=O. The molecule has 6 amide bonds. The number of aromatic nitrogens is 1. The lowest BCUT2D eigenvalue weighted by atomic mass is 9.98. The molecule has 2 fully saturated rings. The third-order valence-electron chi connectivity index (χ3n) is 11.4. The van der Waals surface area contributed by atoms with E-state index in [1.807, 2.05) is 72.8 Å². The number of H-pyrrole nitrogens is 1. The summed E-state index contributed by atoms with van der Waals surface area (Å²) in [6.07, 6.45) is 3.24. The maximum absolute atomic E-state index is 14.5. The lowest BCUT2D eigenvalue weighted by molar-refractivity contribution is -0.136. The van der Waals surface area contributed by atoms with Gasteiger partial charge in [0.1, 0.15) is 30.2 Å². The van der Waals surface area contributed by atoms with Crippen molar-refractivity contribution in [1.82, 2.24) is 36.9 Å². The van der Waals surface area contributed by atoms with Crippen LogP contribution in [0, 0.1) is 5.92 Å². The first kappa shape index (κ1) is 43.5. The molecule has 0 spiro atoms. The van der Waals surface area contributed by atoms with Gasteiger partial charge in [0, 0.05) is 42.4 Å². The quantitative estimate of drug-likeness (QED) is 0.100. The number of aliphatic hydroxyl groups excluding tert-OH is 1.